The summed E-state index contributed by atoms with van der Waals surface area (Å²) in [5, 5.41) is 19.4. The van der Waals surface area contributed by atoms with E-state index < -0.39 is 53.1 Å². The van der Waals surface area contributed by atoms with Gasteiger partial charge in [0.1, 0.15) is 23.3 Å². The Morgan fingerprint density at radius 2 is 1.78 bits per heavy atom. The molecule has 0 radical (unpaired) electrons. The quantitative estimate of drug-likeness (QED) is 0.367. The van der Waals surface area contributed by atoms with Crippen LogP contribution in [0.2, 0.25) is 0 Å². The number of anilines is 1. The van der Waals surface area contributed by atoms with E-state index in [2.05, 4.69) is 4.98 Å². The van der Waals surface area contributed by atoms with Crippen LogP contribution in [-0.2, 0) is 15.8 Å². The van der Waals surface area contributed by atoms with Gasteiger partial charge in [0.15, 0.2) is 0 Å². The van der Waals surface area contributed by atoms with Crippen LogP contribution >= 0.6 is 0 Å². The molecule has 1 saturated heterocycles. The van der Waals surface area contributed by atoms with E-state index in [1.165, 1.54) is 18.2 Å². The third-order valence-corrected chi connectivity index (χ3v) is 7.83. The van der Waals surface area contributed by atoms with E-state index in [1.807, 2.05) is 6.92 Å². The van der Waals surface area contributed by atoms with Gasteiger partial charge in [0.05, 0.1) is 5.75 Å². The maximum absolute atomic E-state index is 14.2. The Labute approximate surface area is 214 Å². The van der Waals surface area contributed by atoms with Crippen molar-refractivity contribution in [3.63, 3.8) is 0 Å². The van der Waals surface area contributed by atoms with Crippen molar-refractivity contribution in [2.45, 2.75) is 57.2 Å². The predicted octanol–water partition coefficient (Wildman–Crippen LogP) is 2.44. The first-order chi connectivity index (χ1) is 17.1. The molecule has 1 aliphatic rings. The van der Waals surface area contributed by atoms with Crippen LogP contribution in [0.3, 0.4) is 0 Å². The number of hydrogen-bond donors (Lipinski definition) is 2. The summed E-state index contributed by atoms with van der Waals surface area (Å²) in [6.45, 7) is 3.99. The molecule has 0 saturated carbocycles. The highest BCUT2D eigenvalue weighted by Gasteiger charge is 2.49. The van der Waals surface area contributed by atoms with Gasteiger partial charge in [-0.3, -0.25) is 0 Å². The van der Waals surface area contributed by atoms with Crippen molar-refractivity contribution in [3.05, 3.63) is 47.8 Å². The summed E-state index contributed by atoms with van der Waals surface area (Å²) in [7, 11) is -6.14. The maximum Gasteiger partial charge on any atom is 0.488 e. The second-order valence-corrected chi connectivity index (χ2v) is 11.5. The number of benzene rings is 1. The average molecular weight is 547 g/mol. The molecule has 1 aliphatic heterocycles. The van der Waals surface area contributed by atoms with Gasteiger partial charge in [0.2, 0.25) is 15.9 Å². The fourth-order valence-electron chi connectivity index (χ4n) is 4.24. The van der Waals surface area contributed by atoms with Crippen LogP contribution in [0.1, 0.15) is 39.2 Å². The van der Waals surface area contributed by atoms with Gasteiger partial charge in [-0.25, -0.2) is 12.8 Å². The van der Waals surface area contributed by atoms with Gasteiger partial charge in [-0.1, -0.05) is 25.5 Å². The van der Waals surface area contributed by atoms with Gasteiger partial charge in [-0.15, -0.1) is 0 Å². The lowest BCUT2D eigenvalue weighted by molar-refractivity contribution is -0.153. The monoisotopic (exact) mass is 547 g/mol. The van der Waals surface area contributed by atoms with E-state index in [0.29, 0.717) is 6.42 Å². The Morgan fingerprint density at radius 3 is 2.35 bits per heavy atom. The molecule has 2 N–H and O–H groups in total. The van der Waals surface area contributed by atoms with Crippen molar-refractivity contribution < 1.29 is 40.8 Å². The Balaban J connectivity index is 1.92. The summed E-state index contributed by atoms with van der Waals surface area (Å²) < 4.78 is 88.2. The topological polar surface area (TPSA) is 103 Å². The minimum Gasteiger partial charge on any atom is -0.472 e. The summed E-state index contributed by atoms with van der Waals surface area (Å²) in [6.07, 6.45) is -3.44. The molecule has 14 heteroatoms. The largest absolute Gasteiger partial charge is 0.488 e. The van der Waals surface area contributed by atoms with Crippen molar-refractivity contribution >= 4 is 28.4 Å². The van der Waals surface area contributed by atoms with E-state index in [-0.39, 0.29) is 35.8 Å². The van der Waals surface area contributed by atoms with Crippen LogP contribution in [0.4, 0.5) is 23.4 Å². The van der Waals surface area contributed by atoms with Crippen molar-refractivity contribution in [1.82, 2.24) is 9.29 Å². The summed E-state index contributed by atoms with van der Waals surface area (Å²) >= 11 is 0. The highest BCUT2D eigenvalue weighted by atomic mass is 32.2. The first-order valence-corrected chi connectivity index (χ1v) is 13.3. The van der Waals surface area contributed by atoms with Gasteiger partial charge >= 0.3 is 13.3 Å². The average Bonchev–Trinajstić information content (AvgIpc) is 2.79. The summed E-state index contributed by atoms with van der Waals surface area (Å²) in [4.78, 5) is 5.11. The SMILES string of the molecule is CCCC(C)(C)Oc1cc(B(O)O)cc(N2CCN(S(=O)(=O)Cc3ccc(F)cc3)CC2C(F)(F)F)n1. The molecule has 3 rings (SSSR count). The number of halogens is 4. The van der Waals surface area contributed by atoms with Crippen LogP contribution < -0.4 is 15.1 Å². The summed E-state index contributed by atoms with van der Waals surface area (Å²) in [6, 6.07) is 4.81. The number of pyridine rings is 1. The number of sulfonamides is 1. The third kappa shape index (κ3) is 7.56. The zero-order valence-electron chi connectivity index (χ0n) is 20.7. The van der Waals surface area contributed by atoms with E-state index >= 15 is 0 Å². The molecule has 0 spiro atoms. The standard InChI is InChI=1S/C23H30BF4N3O5S/c1-4-9-22(2,3)36-21-13-17(24(32)33)12-20(29-21)31-11-10-30(14-19(31)23(26,27)28)37(34,35)15-16-5-7-18(25)8-6-16/h5-8,12-13,19,32-33H,4,9-11,14-15H2,1-3H3. The lowest BCUT2D eigenvalue weighted by Crippen LogP contribution is -2.60. The number of hydrogen-bond acceptors (Lipinski definition) is 7. The van der Waals surface area contributed by atoms with Gasteiger partial charge in [-0.05, 0) is 49.5 Å². The van der Waals surface area contributed by atoms with Gasteiger partial charge < -0.3 is 19.7 Å². The molecule has 1 fully saturated rings. The second-order valence-electron chi connectivity index (χ2n) is 9.57. The number of nitrogens with zero attached hydrogens (tertiary/aromatic N) is 3. The molecule has 2 heterocycles. The maximum atomic E-state index is 14.2. The normalized spacial score (nSPS) is 17.6. The van der Waals surface area contributed by atoms with Gasteiger partial charge in [0.25, 0.3) is 0 Å². The molecule has 8 nitrogen and oxygen atoms in total. The molecule has 37 heavy (non-hydrogen) atoms. The first kappa shape index (κ1) is 29.1. The van der Waals surface area contributed by atoms with Crippen LogP contribution in [0.15, 0.2) is 36.4 Å². The van der Waals surface area contributed by atoms with Crippen molar-refractivity contribution in [1.29, 1.82) is 0 Å². The molecular weight excluding hydrogens is 517 g/mol. The first-order valence-electron chi connectivity index (χ1n) is 11.7. The fraction of sp³-hybridized carbons (Fsp3) is 0.522. The molecule has 204 valence electrons. The molecule has 2 aromatic rings. The van der Waals surface area contributed by atoms with Crippen molar-refractivity contribution in [2.75, 3.05) is 24.5 Å². The van der Waals surface area contributed by atoms with E-state index in [0.717, 1.165) is 33.8 Å². The molecule has 1 unspecified atom stereocenters. The smallest absolute Gasteiger partial charge is 0.472 e. The zero-order chi connectivity index (χ0) is 27.6. The number of alkyl halides is 3. The predicted molar refractivity (Wildman–Crippen MR) is 131 cm³/mol. The molecule has 1 aromatic carbocycles. The summed E-state index contributed by atoms with van der Waals surface area (Å²) in [5.74, 6) is -1.43. The lowest BCUT2D eigenvalue weighted by atomic mass is 9.81. The molecule has 0 bridgehead atoms. The van der Waals surface area contributed by atoms with Crippen LogP contribution in [0.5, 0.6) is 5.88 Å². The number of piperazine rings is 1. The third-order valence-electron chi connectivity index (χ3n) is 6.01. The Morgan fingerprint density at radius 1 is 1.14 bits per heavy atom. The molecule has 1 aromatic heterocycles. The highest BCUT2D eigenvalue weighted by Crippen LogP contribution is 2.33. The minimum absolute atomic E-state index is 0.0775. The Kier molecular flexibility index (Phi) is 8.77. The summed E-state index contributed by atoms with van der Waals surface area (Å²) in [5.41, 5.74) is -0.580. The van der Waals surface area contributed by atoms with Gasteiger partial charge in [-0.2, -0.15) is 22.5 Å². The Hall–Kier alpha value is -2.42. The van der Waals surface area contributed by atoms with E-state index in [4.69, 9.17) is 4.74 Å². The number of rotatable bonds is 9. The van der Waals surface area contributed by atoms with E-state index in [1.54, 1.807) is 13.8 Å². The fourth-order valence-corrected chi connectivity index (χ4v) is 5.77. The zero-order valence-corrected chi connectivity index (χ0v) is 21.6. The van der Waals surface area contributed by atoms with Crippen LogP contribution in [0, 0.1) is 5.82 Å². The highest BCUT2D eigenvalue weighted by molar-refractivity contribution is 7.88. The lowest BCUT2D eigenvalue weighted by Gasteiger charge is -2.42. The number of ether oxygens (including phenoxy) is 1. The number of aromatic nitrogens is 1. The van der Waals surface area contributed by atoms with Crippen molar-refractivity contribution in [2.24, 2.45) is 0 Å². The van der Waals surface area contributed by atoms with Crippen LogP contribution in [0.25, 0.3) is 0 Å². The Bertz CT molecular complexity index is 1180. The van der Waals surface area contributed by atoms with Crippen LogP contribution in [-0.4, -0.2) is 72.3 Å². The van der Waals surface area contributed by atoms with E-state index in [9.17, 15) is 36.0 Å². The molecule has 1 atom stereocenters. The molecular formula is C23H30BF4N3O5S. The van der Waals surface area contributed by atoms with Gasteiger partial charge in [0, 0.05) is 25.7 Å². The minimum atomic E-state index is -4.83. The molecule has 0 amide bonds. The van der Waals surface area contributed by atoms with Crippen molar-refractivity contribution in [3.8, 4) is 5.88 Å². The second kappa shape index (κ2) is 11.1. The molecule has 0 aliphatic carbocycles.